The molecule has 1 fully saturated rings. The molecule has 0 radical (unpaired) electrons. The van der Waals surface area contributed by atoms with Crippen LogP contribution in [0.5, 0.6) is 0 Å². The number of piperidine rings is 1. The zero-order valence-corrected chi connectivity index (χ0v) is 15.1. The first-order valence-corrected chi connectivity index (χ1v) is 9.75. The van der Waals surface area contributed by atoms with Crippen molar-refractivity contribution in [3.63, 3.8) is 0 Å². The van der Waals surface area contributed by atoms with Gasteiger partial charge in [0, 0.05) is 23.6 Å². The summed E-state index contributed by atoms with van der Waals surface area (Å²) >= 11 is 9.45. The quantitative estimate of drug-likeness (QED) is 0.832. The molecule has 0 aliphatic carbocycles. The van der Waals surface area contributed by atoms with Crippen molar-refractivity contribution in [2.24, 2.45) is 0 Å². The summed E-state index contributed by atoms with van der Waals surface area (Å²) in [5, 5.41) is 3.53. The van der Waals surface area contributed by atoms with E-state index in [1.807, 2.05) is 6.92 Å². The molecule has 1 aromatic rings. The Morgan fingerprint density at radius 3 is 2.81 bits per heavy atom. The van der Waals surface area contributed by atoms with Gasteiger partial charge in [-0.2, -0.15) is 4.31 Å². The van der Waals surface area contributed by atoms with Crippen LogP contribution < -0.4 is 5.32 Å². The van der Waals surface area contributed by atoms with Crippen LogP contribution in [0, 0.1) is 0 Å². The van der Waals surface area contributed by atoms with Crippen LogP contribution in [-0.2, 0) is 10.0 Å². The predicted octanol–water partition coefficient (Wildman–Crippen LogP) is 3.26. The molecule has 0 saturated carbocycles. The van der Waals surface area contributed by atoms with Gasteiger partial charge in [0.1, 0.15) is 4.90 Å². The van der Waals surface area contributed by atoms with Gasteiger partial charge >= 0.3 is 0 Å². The van der Waals surface area contributed by atoms with E-state index in [1.54, 1.807) is 22.5 Å². The van der Waals surface area contributed by atoms with E-state index in [9.17, 15) is 8.42 Å². The van der Waals surface area contributed by atoms with Gasteiger partial charge in [-0.15, -0.1) is 0 Å². The van der Waals surface area contributed by atoms with Crippen molar-refractivity contribution in [3.05, 3.63) is 27.7 Å². The maximum absolute atomic E-state index is 13.0. The molecule has 1 unspecified atom stereocenters. The number of nitrogens with zero attached hydrogens (tertiary/aromatic N) is 1. The summed E-state index contributed by atoms with van der Waals surface area (Å²) in [4.78, 5) is 0.186. The maximum Gasteiger partial charge on any atom is 0.244 e. The van der Waals surface area contributed by atoms with E-state index in [-0.39, 0.29) is 16.0 Å². The second kappa shape index (κ2) is 7.42. The van der Waals surface area contributed by atoms with Gasteiger partial charge in [-0.3, -0.25) is 0 Å². The average Bonchev–Trinajstić information content (AvgIpc) is 2.45. The summed E-state index contributed by atoms with van der Waals surface area (Å²) < 4.78 is 28.3. The minimum Gasteiger partial charge on any atom is -0.315 e. The van der Waals surface area contributed by atoms with Gasteiger partial charge in [-0.1, -0.05) is 34.5 Å². The molecule has 0 spiro atoms. The topological polar surface area (TPSA) is 49.4 Å². The van der Waals surface area contributed by atoms with Gasteiger partial charge in [0.2, 0.25) is 10.0 Å². The minimum atomic E-state index is -3.57. The Bertz CT molecular complexity index is 589. The molecule has 1 aromatic carbocycles. The fourth-order valence-electron chi connectivity index (χ4n) is 2.61. The highest BCUT2D eigenvalue weighted by atomic mass is 79.9. The zero-order valence-electron chi connectivity index (χ0n) is 12.0. The Balaban J connectivity index is 2.36. The van der Waals surface area contributed by atoms with Crippen molar-refractivity contribution >= 4 is 37.6 Å². The van der Waals surface area contributed by atoms with E-state index < -0.39 is 10.0 Å². The molecule has 21 heavy (non-hydrogen) atoms. The molecule has 1 saturated heterocycles. The van der Waals surface area contributed by atoms with Crippen LogP contribution in [0.15, 0.2) is 27.6 Å². The number of nitrogens with one attached hydrogen (secondary N) is 1. The molecule has 1 atom stereocenters. The van der Waals surface area contributed by atoms with E-state index in [1.165, 1.54) is 0 Å². The highest BCUT2D eigenvalue weighted by Gasteiger charge is 2.32. The molecule has 1 heterocycles. The number of benzene rings is 1. The highest BCUT2D eigenvalue weighted by Crippen LogP contribution is 2.29. The van der Waals surface area contributed by atoms with E-state index in [4.69, 9.17) is 11.6 Å². The number of sulfonamides is 1. The standard InChI is InChI=1S/C14H20BrClN2O2S/c1-2-8-18(12-4-3-7-17-10-12)21(19,20)14-6-5-11(15)9-13(14)16/h5-6,9,12,17H,2-4,7-8,10H2,1H3. The Kier molecular flexibility index (Phi) is 6.08. The minimum absolute atomic E-state index is 0.00316. The summed E-state index contributed by atoms with van der Waals surface area (Å²) in [5.41, 5.74) is 0. The third kappa shape index (κ3) is 3.99. The molecule has 4 nitrogen and oxygen atoms in total. The first kappa shape index (κ1) is 17.2. The van der Waals surface area contributed by atoms with Crippen LogP contribution in [0.2, 0.25) is 5.02 Å². The lowest BCUT2D eigenvalue weighted by Crippen LogP contribution is -2.48. The summed E-state index contributed by atoms with van der Waals surface area (Å²) in [6.45, 7) is 4.16. The van der Waals surface area contributed by atoms with Crippen molar-refractivity contribution < 1.29 is 8.42 Å². The van der Waals surface area contributed by atoms with Gasteiger partial charge in [-0.25, -0.2) is 8.42 Å². The van der Waals surface area contributed by atoms with E-state index in [2.05, 4.69) is 21.2 Å². The summed E-state index contributed by atoms with van der Waals surface area (Å²) in [5.74, 6) is 0. The lowest BCUT2D eigenvalue weighted by Gasteiger charge is -2.33. The van der Waals surface area contributed by atoms with Crippen LogP contribution in [0.1, 0.15) is 26.2 Å². The molecule has 1 aliphatic heterocycles. The fourth-order valence-corrected chi connectivity index (χ4v) is 5.37. The van der Waals surface area contributed by atoms with Crippen LogP contribution in [0.3, 0.4) is 0 Å². The Hall–Kier alpha value is -0.140. The molecule has 1 aliphatic rings. The lowest BCUT2D eigenvalue weighted by molar-refractivity contribution is 0.266. The van der Waals surface area contributed by atoms with Gasteiger partial charge in [0.05, 0.1) is 5.02 Å². The molecule has 118 valence electrons. The predicted molar refractivity (Wildman–Crippen MR) is 89.2 cm³/mol. The van der Waals surface area contributed by atoms with Crippen molar-refractivity contribution in [2.75, 3.05) is 19.6 Å². The second-order valence-electron chi connectivity index (χ2n) is 5.19. The van der Waals surface area contributed by atoms with Crippen LogP contribution >= 0.6 is 27.5 Å². The van der Waals surface area contributed by atoms with Crippen molar-refractivity contribution in [2.45, 2.75) is 37.1 Å². The third-order valence-electron chi connectivity index (χ3n) is 3.60. The van der Waals surface area contributed by atoms with Gasteiger partial charge in [-0.05, 0) is 44.0 Å². The zero-order chi connectivity index (χ0) is 15.5. The van der Waals surface area contributed by atoms with Gasteiger partial charge < -0.3 is 5.32 Å². The molecule has 2 rings (SSSR count). The number of halogens is 2. The van der Waals surface area contributed by atoms with Crippen LogP contribution in [0.25, 0.3) is 0 Å². The Morgan fingerprint density at radius 2 is 2.24 bits per heavy atom. The summed E-state index contributed by atoms with van der Waals surface area (Å²) in [6, 6.07) is 4.91. The first-order valence-electron chi connectivity index (χ1n) is 7.14. The number of rotatable bonds is 5. The average molecular weight is 396 g/mol. The fraction of sp³-hybridized carbons (Fsp3) is 0.571. The monoisotopic (exact) mass is 394 g/mol. The van der Waals surface area contributed by atoms with Crippen LogP contribution in [0.4, 0.5) is 0 Å². The second-order valence-corrected chi connectivity index (χ2v) is 8.37. The molecule has 0 amide bonds. The Labute approximate surface area is 140 Å². The SMILES string of the molecule is CCCN(C1CCCNC1)S(=O)(=O)c1ccc(Br)cc1Cl. The van der Waals surface area contributed by atoms with E-state index >= 15 is 0 Å². The van der Waals surface area contributed by atoms with Gasteiger partial charge in [0.25, 0.3) is 0 Å². The largest absolute Gasteiger partial charge is 0.315 e. The molecule has 7 heteroatoms. The molecule has 0 aromatic heterocycles. The molecular weight excluding hydrogens is 376 g/mol. The first-order chi connectivity index (χ1) is 9.96. The number of hydrogen-bond donors (Lipinski definition) is 1. The Morgan fingerprint density at radius 1 is 1.48 bits per heavy atom. The maximum atomic E-state index is 13.0. The molecule has 0 bridgehead atoms. The van der Waals surface area contributed by atoms with E-state index in [0.29, 0.717) is 13.1 Å². The van der Waals surface area contributed by atoms with Crippen LogP contribution in [-0.4, -0.2) is 38.4 Å². The molecular formula is C14H20BrClN2O2S. The number of hydrogen-bond acceptors (Lipinski definition) is 3. The van der Waals surface area contributed by atoms with Crippen molar-refractivity contribution in [3.8, 4) is 0 Å². The summed E-state index contributed by atoms with van der Waals surface area (Å²) in [6.07, 6.45) is 2.67. The third-order valence-corrected chi connectivity index (χ3v) is 6.53. The van der Waals surface area contributed by atoms with Gasteiger partial charge in [0.15, 0.2) is 0 Å². The summed E-state index contributed by atoms with van der Waals surface area (Å²) in [7, 11) is -3.57. The van der Waals surface area contributed by atoms with Crippen molar-refractivity contribution in [1.82, 2.24) is 9.62 Å². The molecule has 1 N–H and O–H groups in total. The normalized spacial score (nSPS) is 19.9. The smallest absolute Gasteiger partial charge is 0.244 e. The highest BCUT2D eigenvalue weighted by molar-refractivity contribution is 9.10. The van der Waals surface area contributed by atoms with E-state index in [0.717, 1.165) is 30.3 Å². The lowest BCUT2D eigenvalue weighted by atomic mass is 10.1. The van der Waals surface area contributed by atoms with Crippen molar-refractivity contribution in [1.29, 1.82) is 0 Å².